The van der Waals surface area contributed by atoms with Crippen LogP contribution in [0.5, 0.6) is 0 Å². The van der Waals surface area contributed by atoms with Crippen molar-refractivity contribution >= 4 is 35.8 Å². The van der Waals surface area contributed by atoms with Crippen LogP contribution in [0, 0.1) is 11.8 Å². The largest absolute Gasteiger partial charge is 0.370 e. The first-order valence-electron chi connectivity index (χ1n) is 9.42. The van der Waals surface area contributed by atoms with Gasteiger partial charge in [-0.2, -0.15) is 0 Å². The summed E-state index contributed by atoms with van der Waals surface area (Å²) in [5.74, 6) is 1.86. The highest BCUT2D eigenvalue weighted by molar-refractivity contribution is 14.0. The molecule has 0 spiro atoms. The Labute approximate surface area is 165 Å². The lowest BCUT2D eigenvalue weighted by atomic mass is 9.95. The molecule has 5 nitrogen and oxygen atoms in total. The van der Waals surface area contributed by atoms with E-state index in [2.05, 4.69) is 31.0 Å². The van der Waals surface area contributed by atoms with E-state index in [-0.39, 0.29) is 29.9 Å². The monoisotopic (exact) mass is 452 g/mol. The average Bonchev–Trinajstić information content (AvgIpc) is 2.53. The molecule has 0 aliphatic carbocycles. The molecule has 6 heteroatoms. The van der Waals surface area contributed by atoms with Gasteiger partial charge in [0.1, 0.15) is 0 Å². The summed E-state index contributed by atoms with van der Waals surface area (Å²) < 4.78 is 0. The number of primary amides is 1. The van der Waals surface area contributed by atoms with E-state index in [9.17, 15) is 4.79 Å². The maximum Gasteiger partial charge on any atom is 0.217 e. The van der Waals surface area contributed by atoms with E-state index in [4.69, 9.17) is 10.7 Å². The Bertz CT molecular complexity index is 376. The van der Waals surface area contributed by atoms with Gasteiger partial charge in [0.2, 0.25) is 5.91 Å². The number of guanidine groups is 1. The number of amides is 1. The second-order valence-corrected chi connectivity index (χ2v) is 6.74. The van der Waals surface area contributed by atoms with Gasteiger partial charge in [0.15, 0.2) is 5.96 Å². The van der Waals surface area contributed by atoms with Crippen LogP contribution in [0.15, 0.2) is 4.99 Å². The molecule has 0 aromatic carbocycles. The number of hydrogen-bond acceptors (Lipinski definition) is 2. The Balaban J connectivity index is 0.00000529. The van der Waals surface area contributed by atoms with Gasteiger partial charge in [-0.15, -0.1) is 24.0 Å². The molecular weight excluding hydrogens is 415 g/mol. The zero-order valence-electron chi connectivity index (χ0n) is 15.7. The van der Waals surface area contributed by atoms with Crippen molar-refractivity contribution in [2.75, 3.05) is 26.2 Å². The van der Waals surface area contributed by atoms with Gasteiger partial charge in [-0.05, 0) is 38.0 Å². The normalized spacial score (nSPS) is 19.5. The van der Waals surface area contributed by atoms with Gasteiger partial charge in [-0.1, -0.05) is 33.1 Å². The van der Waals surface area contributed by atoms with Crippen molar-refractivity contribution in [2.24, 2.45) is 22.6 Å². The lowest BCUT2D eigenvalue weighted by Gasteiger charge is -2.35. The second-order valence-electron chi connectivity index (χ2n) is 6.74. The molecule has 1 saturated heterocycles. The van der Waals surface area contributed by atoms with Gasteiger partial charge in [-0.3, -0.25) is 9.79 Å². The minimum Gasteiger partial charge on any atom is -0.370 e. The zero-order valence-corrected chi connectivity index (χ0v) is 18.1. The molecule has 2 unspecified atom stereocenters. The molecule has 0 bridgehead atoms. The van der Waals surface area contributed by atoms with Crippen molar-refractivity contribution in [3.63, 3.8) is 0 Å². The first-order chi connectivity index (χ1) is 11.1. The first-order valence-corrected chi connectivity index (χ1v) is 9.42. The Morgan fingerprint density at radius 1 is 1.38 bits per heavy atom. The van der Waals surface area contributed by atoms with Gasteiger partial charge in [-0.25, -0.2) is 0 Å². The molecule has 1 aliphatic rings. The quantitative estimate of drug-likeness (QED) is 0.320. The molecule has 24 heavy (non-hydrogen) atoms. The summed E-state index contributed by atoms with van der Waals surface area (Å²) >= 11 is 0. The molecular formula is C18H37IN4O. The maximum atomic E-state index is 11.2. The van der Waals surface area contributed by atoms with E-state index in [1.807, 2.05) is 0 Å². The lowest BCUT2D eigenvalue weighted by molar-refractivity contribution is -0.119. The molecule has 3 N–H and O–H groups in total. The summed E-state index contributed by atoms with van der Waals surface area (Å²) in [6.07, 6.45) is 7.68. The van der Waals surface area contributed by atoms with Crippen LogP contribution in [-0.2, 0) is 4.79 Å². The number of nitrogens with one attached hydrogen (secondary N) is 1. The molecule has 1 rings (SSSR count). The molecule has 1 amide bonds. The number of halogens is 1. The van der Waals surface area contributed by atoms with Crippen molar-refractivity contribution in [3.8, 4) is 0 Å². The van der Waals surface area contributed by atoms with Crippen molar-refractivity contribution in [3.05, 3.63) is 0 Å². The Kier molecular flexibility index (Phi) is 13.4. The molecule has 1 aliphatic heterocycles. The number of rotatable bonds is 9. The number of likely N-dealkylation sites (tertiary alicyclic amines) is 1. The Morgan fingerprint density at radius 2 is 2.12 bits per heavy atom. The van der Waals surface area contributed by atoms with Gasteiger partial charge in [0, 0.05) is 32.6 Å². The molecule has 2 atom stereocenters. The average molecular weight is 452 g/mol. The fourth-order valence-corrected chi connectivity index (χ4v) is 3.27. The minimum atomic E-state index is -0.190. The number of carbonyl (C=O) groups is 1. The predicted octanol–water partition coefficient (Wildman–Crippen LogP) is 3.37. The van der Waals surface area contributed by atoms with E-state index in [1.165, 1.54) is 25.7 Å². The van der Waals surface area contributed by atoms with Gasteiger partial charge in [0.05, 0.1) is 0 Å². The van der Waals surface area contributed by atoms with Crippen LogP contribution in [0.25, 0.3) is 0 Å². The van der Waals surface area contributed by atoms with E-state index in [1.54, 1.807) is 0 Å². The fraction of sp³-hybridized carbons (Fsp3) is 0.889. The second kappa shape index (κ2) is 13.7. The molecule has 0 radical (unpaired) electrons. The highest BCUT2D eigenvalue weighted by Gasteiger charge is 2.23. The summed E-state index contributed by atoms with van der Waals surface area (Å²) in [4.78, 5) is 18.4. The third-order valence-electron chi connectivity index (χ3n) is 4.69. The van der Waals surface area contributed by atoms with Crippen LogP contribution in [0.3, 0.4) is 0 Å². The number of piperidine rings is 1. The minimum absolute atomic E-state index is 0. The highest BCUT2D eigenvalue weighted by Crippen LogP contribution is 2.20. The van der Waals surface area contributed by atoms with Crippen molar-refractivity contribution in [1.82, 2.24) is 10.2 Å². The molecule has 142 valence electrons. The molecule has 1 fully saturated rings. The Morgan fingerprint density at radius 3 is 2.71 bits per heavy atom. The number of nitrogens with zero attached hydrogens (tertiary/aromatic N) is 2. The summed E-state index contributed by atoms with van der Waals surface area (Å²) in [7, 11) is 0. The van der Waals surface area contributed by atoms with Crippen molar-refractivity contribution < 1.29 is 4.79 Å². The fourth-order valence-electron chi connectivity index (χ4n) is 3.27. The van der Waals surface area contributed by atoms with E-state index in [0.717, 1.165) is 45.0 Å². The molecule has 0 aromatic rings. The van der Waals surface area contributed by atoms with Crippen molar-refractivity contribution in [1.29, 1.82) is 0 Å². The SMILES string of the molecule is CCCCC(CC)CN=C(NCC)N1CCCC(CC(N)=O)C1.I. The number of unbranched alkanes of at least 4 members (excludes halogenated alkanes) is 1. The first kappa shape index (κ1) is 23.5. The third kappa shape index (κ3) is 9.08. The lowest BCUT2D eigenvalue weighted by Crippen LogP contribution is -2.47. The number of carbonyl (C=O) groups excluding carboxylic acids is 1. The summed E-state index contributed by atoms with van der Waals surface area (Å²) in [5.41, 5.74) is 5.36. The van der Waals surface area contributed by atoms with E-state index in [0.29, 0.717) is 18.3 Å². The van der Waals surface area contributed by atoms with Gasteiger partial charge in [0.25, 0.3) is 0 Å². The van der Waals surface area contributed by atoms with Crippen LogP contribution in [0.2, 0.25) is 0 Å². The Hall–Kier alpha value is -0.530. The van der Waals surface area contributed by atoms with Crippen LogP contribution in [-0.4, -0.2) is 42.9 Å². The van der Waals surface area contributed by atoms with E-state index >= 15 is 0 Å². The highest BCUT2D eigenvalue weighted by atomic mass is 127. The van der Waals surface area contributed by atoms with Crippen LogP contribution in [0.4, 0.5) is 0 Å². The standard InChI is InChI=1S/C18H36N4O.HI/c1-4-7-9-15(5-2)13-21-18(20-6-3)22-11-8-10-16(14-22)12-17(19)23;/h15-16H,4-14H2,1-3H3,(H2,19,23)(H,20,21);1H. The summed E-state index contributed by atoms with van der Waals surface area (Å²) in [5, 5.41) is 3.42. The summed E-state index contributed by atoms with van der Waals surface area (Å²) in [6.45, 7) is 10.3. The summed E-state index contributed by atoms with van der Waals surface area (Å²) in [6, 6.07) is 0. The predicted molar refractivity (Wildman–Crippen MR) is 113 cm³/mol. The van der Waals surface area contributed by atoms with Crippen LogP contribution < -0.4 is 11.1 Å². The third-order valence-corrected chi connectivity index (χ3v) is 4.69. The van der Waals surface area contributed by atoms with Crippen molar-refractivity contribution in [2.45, 2.75) is 65.7 Å². The topological polar surface area (TPSA) is 70.7 Å². The zero-order chi connectivity index (χ0) is 17.1. The number of nitrogens with two attached hydrogens (primary N) is 1. The molecule has 1 heterocycles. The maximum absolute atomic E-state index is 11.2. The van der Waals surface area contributed by atoms with Gasteiger partial charge >= 0.3 is 0 Å². The van der Waals surface area contributed by atoms with Crippen LogP contribution >= 0.6 is 24.0 Å². The smallest absolute Gasteiger partial charge is 0.217 e. The van der Waals surface area contributed by atoms with E-state index < -0.39 is 0 Å². The molecule has 0 aromatic heterocycles. The number of hydrogen-bond donors (Lipinski definition) is 2. The van der Waals surface area contributed by atoms with Crippen LogP contribution in [0.1, 0.15) is 65.7 Å². The number of aliphatic imine (C=N–C) groups is 1. The molecule has 0 saturated carbocycles. The van der Waals surface area contributed by atoms with Gasteiger partial charge < -0.3 is 16.0 Å².